The van der Waals surface area contributed by atoms with E-state index in [-0.39, 0.29) is 84.3 Å². The van der Waals surface area contributed by atoms with Crippen LogP contribution >= 0.6 is 0 Å². The van der Waals surface area contributed by atoms with Crippen molar-refractivity contribution in [2.45, 2.75) is 226 Å². The maximum atomic E-state index is 16.0. The Labute approximate surface area is 579 Å². The van der Waals surface area contributed by atoms with Gasteiger partial charge in [0.05, 0.1) is 46.2 Å². The van der Waals surface area contributed by atoms with Gasteiger partial charge in [0.1, 0.15) is 34.6 Å². The summed E-state index contributed by atoms with van der Waals surface area (Å²) in [5, 5.41) is 30.5. The number of nitrogens with zero attached hydrogens (tertiary/aromatic N) is 2. The third kappa shape index (κ3) is 15.7. The fourth-order valence-electron chi connectivity index (χ4n) is 14.3. The number of aromatic nitrogens is 2. The SMILES string of the molecule is CC(CCOc1ccc(F)cc1-c1cc(C(C)(C)CC(C)(C)C)cc(-n2c3ccc(C(C)(C)C)cc3c3cc(C(C)(C)C)ccc32)c1O)Oc1ccc(F)cc1-c1cc(C(C)(C)CC(C)(C)C)cc(-n2c3ccc(C(C)(C)C)cc3c3cc(C(C)(C)C)ccc32)c1O.[CH3][Hf][CH3]. The molecular weight excluding hydrogens is 1340 g/mol. The third-order valence-electron chi connectivity index (χ3n) is 18.7. The Morgan fingerprint density at radius 2 is 0.695 bits per heavy atom. The summed E-state index contributed by atoms with van der Waals surface area (Å²) in [7, 11) is 0. The van der Waals surface area contributed by atoms with E-state index in [9.17, 15) is 10.2 Å². The molecule has 1 unspecified atom stereocenters. The zero-order chi connectivity index (χ0) is 70.2. The van der Waals surface area contributed by atoms with Crippen molar-refractivity contribution in [3.8, 4) is 56.6 Å². The molecular formula is C86H108F2HfN2O4. The number of hydrogen-bond acceptors (Lipinski definition) is 4. The van der Waals surface area contributed by atoms with Gasteiger partial charge in [-0.25, -0.2) is 8.78 Å². The molecule has 0 aliphatic heterocycles. The Kier molecular flexibility index (Phi) is 20.1. The van der Waals surface area contributed by atoms with Gasteiger partial charge in [-0.2, -0.15) is 0 Å². The van der Waals surface area contributed by atoms with Crippen molar-refractivity contribution in [1.29, 1.82) is 0 Å². The number of aromatic hydroxyl groups is 2. The molecule has 2 heterocycles. The second kappa shape index (κ2) is 26.3. The predicted molar refractivity (Wildman–Crippen MR) is 397 cm³/mol. The van der Waals surface area contributed by atoms with Gasteiger partial charge >= 0.3 is 32.3 Å². The van der Waals surface area contributed by atoms with Crippen LogP contribution in [-0.4, -0.2) is 32.1 Å². The van der Waals surface area contributed by atoms with Crippen molar-refractivity contribution < 1.29 is 51.4 Å². The van der Waals surface area contributed by atoms with Gasteiger partial charge in [-0.3, -0.25) is 0 Å². The van der Waals surface area contributed by atoms with E-state index in [0.29, 0.717) is 51.5 Å². The molecule has 10 aromatic rings. The van der Waals surface area contributed by atoms with Crippen LogP contribution in [0.5, 0.6) is 23.0 Å². The summed E-state index contributed by atoms with van der Waals surface area (Å²) >= 11 is 0.0833. The summed E-state index contributed by atoms with van der Waals surface area (Å²) in [6.07, 6.45) is 1.56. The van der Waals surface area contributed by atoms with Gasteiger partial charge in [-0.15, -0.1) is 0 Å². The number of fused-ring (bicyclic) bond motifs is 6. The van der Waals surface area contributed by atoms with Crippen molar-refractivity contribution in [2.24, 2.45) is 10.8 Å². The number of benzene rings is 8. The predicted octanol–water partition coefficient (Wildman–Crippen LogP) is 24.9. The molecule has 504 valence electrons. The van der Waals surface area contributed by atoms with Crippen molar-refractivity contribution in [3.63, 3.8) is 0 Å². The third-order valence-corrected chi connectivity index (χ3v) is 18.7. The maximum absolute atomic E-state index is 16.0. The van der Waals surface area contributed by atoms with Gasteiger partial charge < -0.3 is 28.8 Å². The van der Waals surface area contributed by atoms with Crippen LogP contribution in [0.1, 0.15) is 212 Å². The molecule has 95 heavy (non-hydrogen) atoms. The Bertz CT molecular complexity index is 4350. The van der Waals surface area contributed by atoms with E-state index in [2.05, 4.69) is 256 Å². The minimum atomic E-state index is -0.481. The molecule has 9 heteroatoms. The Hall–Kier alpha value is -6.71. The van der Waals surface area contributed by atoms with E-state index in [4.69, 9.17) is 9.47 Å². The zero-order valence-corrected chi connectivity index (χ0v) is 65.6. The van der Waals surface area contributed by atoms with Gasteiger partial charge in [0.15, 0.2) is 0 Å². The number of rotatable bonds is 14. The van der Waals surface area contributed by atoms with Gasteiger partial charge in [-0.05, 0) is 206 Å². The summed E-state index contributed by atoms with van der Waals surface area (Å²) in [6, 6.07) is 44.0. The molecule has 0 bridgehead atoms. The van der Waals surface area contributed by atoms with Crippen LogP contribution in [0.2, 0.25) is 9.36 Å². The van der Waals surface area contributed by atoms with E-state index < -0.39 is 17.7 Å². The first-order valence-electron chi connectivity index (χ1n) is 34.2. The first-order chi connectivity index (χ1) is 43.8. The molecule has 2 N–H and O–H groups in total. The van der Waals surface area contributed by atoms with Crippen molar-refractivity contribution in [3.05, 3.63) is 178 Å². The van der Waals surface area contributed by atoms with Crippen LogP contribution in [0.3, 0.4) is 0 Å². The fraction of sp³-hybridized carbons (Fsp3) is 0.442. The number of hydrogen-bond donors (Lipinski definition) is 2. The van der Waals surface area contributed by atoms with E-state index in [1.807, 2.05) is 19.1 Å². The van der Waals surface area contributed by atoms with Crippen molar-refractivity contribution in [2.75, 3.05) is 6.61 Å². The van der Waals surface area contributed by atoms with Crippen LogP contribution in [0.25, 0.3) is 77.2 Å². The van der Waals surface area contributed by atoms with E-state index >= 15 is 8.78 Å². The number of phenolic OH excluding ortho intramolecular Hbond substituents is 2. The Morgan fingerprint density at radius 3 is 1.00 bits per heavy atom. The second-order valence-electron chi connectivity index (χ2n) is 35.0. The first kappa shape index (κ1) is 72.6. The molecule has 10 rings (SSSR count). The van der Waals surface area contributed by atoms with Gasteiger partial charge in [-0.1, -0.05) is 177 Å². The summed E-state index contributed by atoms with van der Waals surface area (Å²) < 4.78 is 54.7. The van der Waals surface area contributed by atoms with E-state index in [1.165, 1.54) is 46.5 Å². The zero-order valence-electron chi connectivity index (χ0n) is 62.0. The summed E-state index contributed by atoms with van der Waals surface area (Å²) in [5.41, 5.74) is 12.4. The second-order valence-corrected chi connectivity index (χ2v) is 38.6. The van der Waals surface area contributed by atoms with E-state index in [1.54, 1.807) is 12.1 Å². The number of halogens is 2. The summed E-state index contributed by atoms with van der Waals surface area (Å²) in [4.78, 5) is 0. The number of phenols is 2. The Morgan fingerprint density at radius 1 is 0.389 bits per heavy atom. The topological polar surface area (TPSA) is 68.8 Å². The summed E-state index contributed by atoms with van der Waals surface area (Å²) in [6.45, 7) is 51.3. The standard InChI is InChI=1S/C84H102F2N2O4.2CH3.Hf/c1-50(92-74-35-29-58(86)47-64(74)66-43-56(84(22,23)49-78(5,6)7)45-72(76(66)90)88-69-32-26-53(81(14,15)16)40-61(69)62-41-54(82(17,18)19)27-33-70(62)88)36-37-91-73-34-28-57(85)46-63(73)65-42-55(83(20,21)48-77(2,3)4)44-71(75(65)89)87-67-30-24-51(79(8,9)10)38-59(67)60-39-52(80(11,12)13)25-31-68(60)87;;;/h24-35,38-47,50,89-90H,36-37,48-49H2,1-23H3;2*1H3;. The first-order valence-corrected chi connectivity index (χ1v) is 41.4. The molecule has 0 aliphatic rings. The minimum absolute atomic E-state index is 0.00829. The van der Waals surface area contributed by atoms with Crippen LogP contribution in [0.15, 0.2) is 133 Å². The van der Waals surface area contributed by atoms with Crippen LogP contribution in [0.4, 0.5) is 8.78 Å². The molecule has 2 aromatic heterocycles. The molecule has 8 aromatic carbocycles. The van der Waals surface area contributed by atoms with Gasteiger partial charge in [0.2, 0.25) is 0 Å². The van der Waals surface area contributed by atoms with Gasteiger partial charge in [0, 0.05) is 50.2 Å². The van der Waals surface area contributed by atoms with Crippen molar-refractivity contribution in [1.82, 2.24) is 9.13 Å². The van der Waals surface area contributed by atoms with Crippen molar-refractivity contribution >= 4 is 43.6 Å². The van der Waals surface area contributed by atoms with E-state index in [0.717, 1.165) is 67.6 Å². The van der Waals surface area contributed by atoms with Gasteiger partial charge in [0.25, 0.3) is 0 Å². The molecule has 0 saturated carbocycles. The van der Waals surface area contributed by atoms with Crippen LogP contribution < -0.4 is 9.47 Å². The molecule has 0 radical (unpaired) electrons. The van der Waals surface area contributed by atoms with Crippen LogP contribution in [0, 0.1) is 22.5 Å². The molecule has 1 atom stereocenters. The molecule has 0 aliphatic carbocycles. The van der Waals surface area contributed by atoms with Crippen LogP contribution in [-0.2, 0) is 55.4 Å². The molecule has 0 saturated heterocycles. The average molecular weight is 1450 g/mol. The molecule has 0 amide bonds. The number of ether oxygens (including phenoxy) is 2. The quantitative estimate of drug-likeness (QED) is 0.106. The fourth-order valence-corrected chi connectivity index (χ4v) is 14.3. The summed E-state index contributed by atoms with van der Waals surface area (Å²) in [5.74, 6) is -0.102. The molecule has 0 spiro atoms. The molecule has 0 fully saturated rings. The Balaban J connectivity index is 0.00000347. The monoisotopic (exact) mass is 1450 g/mol. The molecule has 6 nitrogen and oxygen atoms in total. The normalized spacial score (nSPS) is 13.4. The average Bonchev–Trinajstić information content (AvgIpc) is 1.59.